The number of nitrogens with one attached hydrogen (secondary N) is 1. The number of methoxy groups -OCH3 is 1. The molecule has 1 aromatic heterocycles. The van der Waals surface area contributed by atoms with E-state index in [9.17, 15) is 4.79 Å². The number of aromatic nitrogens is 2. The van der Waals surface area contributed by atoms with Crippen LogP contribution < -0.4 is 5.32 Å². The van der Waals surface area contributed by atoms with Crippen LogP contribution >= 0.6 is 0 Å². The Bertz CT molecular complexity index is 551. The largest absolute Gasteiger partial charge is 0.468 e. The molecule has 0 fully saturated rings. The molecule has 0 radical (unpaired) electrons. The molecule has 5 nitrogen and oxygen atoms in total. The number of carbonyl (C=O) groups is 1. The second-order valence-corrected chi connectivity index (χ2v) is 4.52. The van der Waals surface area contributed by atoms with Crippen LogP contribution in [0.15, 0.2) is 42.6 Å². The van der Waals surface area contributed by atoms with Crippen LogP contribution in [0, 0.1) is 0 Å². The Kier molecular flexibility index (Phi) is 4.90. The van der Waals surface area contributed by atoms with Crippen molar-refractivity contribution in [2.24, 2.45) is 7.05 Å². The molecule has 1 unspecified atom stereocenters. The summed E-state index contributed by atoms with van der Waals surface area (Å²) < 4.78 is 6.69. The van der Waals surface area contributed by atoms with E-state index in [2.05, 4.69) is 10.4 Å². The first-order chi connectivity index (χ1) is 9.72. The lowest BCUT2D eigenvalue weighted by atomic mass is 10.1. The maximum Gasteiger partial charge on any atom is 0.327 e. The highest BCUT2D eigenvalue weighted by Gasteiger charge is 2.20. The number of hydrogen-bond donors (Lipinski definition) is 1. The molecule has 1 atom stereocenters. The third-order valence-electron chi connectivity index (χ3n) is 3.22. The normalized spacial score (nSPS) is 12.1. The van der Waals surface area contributed by atoms with Gasteiger partial charge in [0, 0.05) is 31.9 Å². The monoisotopic (exact) mass is 273 g/mol. The Balaban J connectivity index is 1.99. The minimum atomic E-state index is -0.436. The second-order valence-electron chi connectivity index (χ2n) is 4.52. The average molecular weight is 273 g/mol. The highest BCUT2D eigenvalue weighted by molar-refractivity contribution is 5.77. The molecule has 20 heavy (non-hydrogen) atoms. The lowest BCUT2D eigenvalue weighted by Gasteiger charge is -2.16. The van der Waals surface area contributed by atoms with Gasteiger partial charge < -0.3 is 10.1 Å². The lowest BCUT2D eigenvalue weighted by molar-refractivity contribution is -0.143. The number of benzene rings is 1. The highest BCUT2D eigenvalue weighted by Crippen LogP contribution is 2.14. The molecule has 0 saturated carbocycles. The zero-order valence-electron chi connectivity index (χ0n) is 11.7. The van der Waals surface area contributed by atoms with Crippen molar-refractivity contribution in [1.29, 1.82) is 0 Å². The minimum Gasteiger partial charge on any atom is -0.468 e. The number of ether oxygens (including phenoxy) is 1. The van der Waals surface area contributed by atoms with Crippen molar-refractivity contribution >= 4 is 5.97 Å². The van der Waals surface area contributed by atoms with E-state index >= 15 is 0 Å². The second kappa shape index (κ2) is 6.86. The van der Waals surface area contributed by atoms with Crippen LogP contribution in [-0.4, -0.2) is 29.4 Å². The van der Waals surface area contributed by atoms with Gasteiger partial charge in [0.2, 0.25) is 0 Å². The third-order valence-corrected chi connectivity index (χ3v) is 3.22. The fourth-order valence-corrected chi connectivity index (χ4v) is 2.09. The Hall–Kier alpha value is -2.14. The Morgan fingerprint density at radius 3 is 2.70 bits per heavy atom. The van der Waals surface area contributed by atoms with E-state index in [1.54, 1.807) is 6.20 Å². The summed E-state index contributed by atoms with van der Waals surface area (Å²) in [5, 5.41) is 7.36. The van der Waals surface area contributed by atoms with E-state index in [1.807, 2.05) is 48.1 Å². The van der Waals surface area contributed by atoms with Crippen molar-refractivity contribution < 1.29 is 9.53 Å². The van der Waals surface area contributed by atoms with Gasteiger partial charge in [-0.2, -0.15) is 5.10 Å². The maximum absolute atomic E-state index is 11.9. The van der Waals surface area contributed by atoms with Gasteiger partial charge in [-0.25, -0.2) is 4.79 Å². The van der Waals surface area contributed by atoms with Crippen LogP contribution in [0.5, 0.6) is 0 Å². The van der Waals surface area contributed by atoms with E-state index in [0.717, 1.165) is 17.7 Å². The first-order valence-corrected chi connectivity index (χ1v) is 6.55. The smallest absolute Gasteiger partial charge is 0.327 e. The fraction of sp³-hybridized carbons (Fsp3) is 0.333. The van der Waals surface area contributed by atoms with Crippen LogP contribution in [0.3, 0.4) is 0 Å². The molecule has 0 aliphatic carbocycles. The molecule has 0 aliphatic rings. The molecule has 0 saturated heterocycles. The topological polar surface area (TPSA) is 56.1 Å². The lowest BCUT2D eigenvalue weighted by Crippen LogP contribution is -2.31. The zero-order valence-corrected chi connectivity index (χ0v) is 11.7. The molecule has 0 amide bonds. The van der Waals surface area contributed by atoms with Gasteiger partial charge in [-0.15, -0.1) is 0 Å². The molecular formula is C15H19N3O2. The van der Waals surface area contributed by atoms with E-state index < -0.39 is 6.04 Å². The predicted molar refractivity (Wildman–Crippen MR) is 76.1 cm³/mol. The van der Waals surface area contributed by atoms with Crippen molar-refractivity contribution in [2.75, 3.05) is 13.7 Å². The predicted octanol–water partition coefficient (Wildman–Crippen LogP) is 1.47. The Morgan fingerprint density at radius 2 is 2.10 bits per heavy atom. The molecule has 2 rings (SSSR count). The summed E-state index contributed by atoms with van der Waals surface area (Å²) in [6.07, 6.45) is 2.57. The van der Waals surface area contributed by atoms with E-state index in [-0.39, 0.29) is 5.97 Å². The Labute approximate surface area is 118 Å². The maximum atomic E-state index is 11.9. The van der Waals surface area contributed by atoms with Gasteiger partial charge in [0.1, 0.15) is 6.04 Å². The number of nitrogens with zero attached hydrogens (tertiary/aromatic N) is 2. The zero-order chi connectivity index (χ0) is 14.4. The average Bonchev–Trinajstić information content (AvgIpc) is 2.89. The van der Waals surface area contributed by atoms with Crippen molar-refractivity contribution in [2.45, 2.75) is 12.5 Å². The van der Waals surface area contributed by atoms with Gasteiger partial charge in [-0.05, 0) is 11.6 Å². The molecule has 0 spiro atoms. The van der Waals surface area contributed by atoms with Gasteiger partial charge >= 0.3 is 5.97 Å². The summed E-state index contributed by atoms with van der Waals surface area (Å²) in [6, 6.07) is 11.1. The molecule has 0 aliphatic heterocycles. The molecule has 0 bridgehead atoms. The molecule has 1 aromatic carbocycles. The molecule has 106 valence electrons. The number of rotatable bonds is 6. The summed E-state index contributed by atoms with van der Waals surface area (Å²) >= 11 is 0. The summed E-state index contributed by atoms with van der Waals surface area (Å²) in [5.74, 6) is -0.277. The highest BCUT2D eigenvalue weighted by atomic mass is 16.5. The van der Waals surface area contributed by atoms with Gasteiger partial charge in [-0.1, -0.05) is 30.3 Å². The minimum absolute atomic E-state index is 0.277. The van der Waals surface area contributed by atoms with Crippen LogP contribution in [0.1, 0.15) is 17.3 Å². The first kappa shape index (κ1) is 14.3. The van der Waals surface area contributed by atoms with Crippen molar-refractivity contribution in [3.05, 3.63) is 53.9 Å². The SMILES string of the molecule is COC(=O)C(NCCc1ccnn1C)c1ccccc1. The number of esters is 1. The molecule has 5 heteroatoms. The molecular weight excluding hydrogens is 254 g/mol. The van der Waals surface area contributed by atoms with Crippen LogP contribution in [0.25, 0.3) is 0 Å². The standard InChI is InChI=1S/C15H19N3O2/c1-18-13(9-11-17-18)8-10-16-14(15(19)20-2)12-6-4-3-5-7-12/h3-7,9,11,14,16H,8,10H2,1-2H3. The van der Waals surface area contributed by atoms with E-state index in [4.69, 9.17) is 4.74 Å². The van der Waals surface area contributed by atoms with Crippen molar-refractivity contribution in [3.8, 4) is 0 Å². The van der Waals surface area contributed by atoms with E-state index in [1.165, 1.54) is 7.11 Å². The molecule has 2 aromatic rings. The third kappa shape index (κ3) is 3.45. The van der Waals surface area contributed by atoms with Crippen molar-refractivity contribution in [3.63, 3.8) is 0 Å². The van der Waals surface area contributed by atoms with Crippen LogP contribution in [0.4, 0.5) is 0 Å². The number of aryl methyl sites for hydroxylation is 1. The van der Waals surface area contributed by atoms with Crippen LogP contribution in [-0.2, 0) is 23.0 Å². The van der Waals surface area contributed by atoms with Gasteiger partial charge in [-0.3, -0.25) is 4.68 Å². The molecule has 1 heterocycles. The summed E-state index contributed by atoms with van der Waals surface area (Å²) in [4.78, 5) is 11.9. The van der Waals surface area contributed by atoms with Crippen LogP contribution in [0.2, 0.25) is 0 Å². The molecule has 1 N–H and O–H groups in total. The van der Waals surface area contributed by atoms with Gasteiger partial charge in [0.25, 0.3) is 0 Å². The fourth-order valence-electron chi connectivity index (χ4n) is 2.09. The first-order valence-electron chi connectivity index (χ1n) is 6.55. The quantitative estimate of drug-likeness (QED) is 0.810. The Morgan fingerprint density at radius 1 is 1.35 bits per heavy atom. The summed E-state index contributed by atoms with van der Waals surface area (Å²) in [7, 11) is 3.31. The van der Waals surface area contributed by atoms with Gasteiger partial charge in [0.05, 0.1) is 7.11 Å². The van der Waals surface area contributed by atoms with Gasteiger partial charge in [0.15, 0.2) is 0 Å². The number of carbonyl (C=O) groups excluding carboxylic acids is 1. The van der Waals surface area contributed by atoms with Crippen molar-refractivity contribution in [1.82, 2.24) is 15.1 Å². The summed E-state index contributed by atoms with van der Waals surface area (Å²) in [6.45, 7) is 0.675. The van der Waals surface area contributed by atoms with E-state index in [0.29, 0.717) is 6.54 Å². The number of hydrogen-bond acceptors (Lipinski definition) is 4. The summed E-state index contributed by atoms with van der Waals surface area (Å²) in [5.41, 5.74) is 2.03.